The monoisotopic (exact) mass is 362 g/mol. The van der Waals surface area contributed by atoms with Gasteiger partial charge in [-0.2, -0.15) is 0 Å². The van der Waals surface area contributed by atoms with Gasteiger partial charge in [0.2, 0.25) is 0 Å². The standard InChI is InChI=1S/C14H10BrCl2FO/c15-11-4-9(5-12(18)6-11)8-19-14-10(7-16)2-1-3-13(14)17/h1-6H,7-8H2. The smallest absolute Gasteiger partial charge is 0.142 e. The van der Waals surface area contributed by atoms with Crippen molar-refractivity contribution in [1.82, 2.24) is 0 Å². The van der Waals surface area contributed by atoms with E-state index in [0.717, 1.165) is 5.56 Å². The SMILES string of the molecule is Fc1cc(Br)cc(COc2c(Cl)cccc2CCl)c1. The minimum Gasteiger partial charge on any atom is -0.487 e. The molecular weight excluding hydrogens is 354 g/mol. The van der Waals surface area contributed by atoms with Crippen molar-refractivity contribution in [2.45, 2.75) is 12.5 Å². The molecule has 2 aromatic rings. The number of benzene rings is 2. The van der Waals surface area contributed by atoms with Crippen LogP contribution in [0.2, 0.25) is 5.02 Å². The molecule has 0 spiro atoms. The zero-order chi connectivity index (χ0) is 13.8. The Morgan fingerprint density at radius 2 is 2.00 bits per heavy atom. The third kappa shape index (κ3) is 3.85. The number of alkyl halides is 1. The Kier molecular flexibility index (Phi) is 5.08. The number of hydrogen-bond donors (Lipinski definition) is 0. The summed E-state index contributed by atoms with van der Waals surface area (Å²) in [5.74, 6) is 0.534. The lowest BCUT2D eigenvalue weighted by atomic mass is 10.2. The topological polar surface area (TPSA) is 9.23 Å². The highest BCUT2D eigenvalue weighted by atomic mass is 79.9. The van der Waals surface area contributed by atoms with E-state index >= 15 is 0 Å². The van der Waals surface area contributed by atoms with E-state index < -0.39 is 0 Å². The van der Waals surface area contributed by atoms with E-state index in [1.165, 1.54) is 12.1 Å². The van der Waals surface area contributed by atoms with Crippen LogP contribution in [0, 0.1) is 5.82 Å². The number of hydrogen-bond acceptors (Lipinski definition) is 1. The molecule has 0 heterocycles. The Morgan fingerprint density at radius 3 is 2.68 bits per heavy atom. The predicted molar refractivity (Wildman–Crippen MR) is 79.4 cm³/mol. The van der Waals surface area contributed by atoms with Gasteiger partial charge in [-0.1, -0.05) is 39.7 Å². The van der Waals surface area contributed by atoms with E-state index in [1.807, 2.05) is 12.1 Å². The summed E-state index contributed by atoms with van der Waals surface area (Å²) in [5, 5.41) is 0.494. The average molecular weight is 364 g/mol. The van der Waals surface area contributed by atoms with Gasteiger partial charge in [0.1, 0.15) is 18.2 Å². The van der Waals surface area contributed by atoms with E-state index in [1.54, 1.807) is 12.1 Å². The molecule has 0 aliphatic carbocycles. The summed E-state index contributed by atoms with van der Waals surface area (Å²) in [6.07, 6.45) is 0. The molecule has 2 aromatic carbocycles. The molecule has 0 fully saturated rings. The minimum absolute atomic E-state index is 0.226. The van der Waals surface area contributed by atoms with E-state index in [9.17, 15) is 4.39 Å². The summed E-state index contributed by atoms with van der Waals surface area (Å²) in [7, 11) is 0. The molecule has 0 aliphatic heterocycles. The Labute approximate surface area is 129 Å². The summed E-state index contributed by atoms with van der Waals surface area (Å²) in [6.45, 7) is 0.226. The first kappa shape index (κ1) is 14.6. The molecule has 0 bridgehead atoms. The van der Waals surface area contributed by atoms with Crippen LogP contribution in [0.4, 0.5) is 4.39 Å². The predicted octanol–water partition coefficient (Wildman–Crippen LogP) is 5.56. The summed E-state index contributed by atoms with van der Waals surface area (Å²) >= 11 is 15.1. The molecule has 0 saturated heterocycles. The van der Waals surface area contributed by atoms with Crippen molar-refractivity contribution >= 4 is 39.1 Å². The van der Waals surface area contributed by atoms with Gasteiger partial charge in [0.05, 0.1) is 10.9 Å². The molecular formula is C14H10BrCl2FO. The number of halogens is 4. The molecule has 5 heteroatoms. The van der Waals surface area contributed by atoms with Crippen LogP contribution in [0.1, 0.15) is 11.1 Å². The van der Waals surface area contributed by atoms with Crippen LogP contribution in [0.15, 0.2) is 40.9 Å². The van der Waals surface area contributed by atoms with E-state index in [0.29, 0.717) is 26.7 Å². The second-order valence-electron chi connectivity index (χ2n) is 3.93. The lowest BCUT2D eigenvalue weighted by molar-refractivity contribution is 0.303. The molecule has 1 nitrogen and oxygen atoms in total. The molecule has 0 N–H and O–H groups in total. The number of rotatable bonds is 4. The van der Waals surface area contributed by atoms with Crippen LogP contribution in [0.5, 0.6) is 5.75 Å². The minimum atomic E-state index is -0.315. The molecule has 0 radical (unpaired) electrons. The second kappa shape index (κ2) is 6.60. The van der Waals surface area contributed by atoms with Crippen molar-refractivity contribution < 1.29 is 9.13 Å². The maximum absolute atomic E-state index is 13.2. The molecule has 100 valence electrons. The van der Waals surface area contributed by atoms with Gasteiger partial charge in [-0.05, 0) is 29.8 Å². The molecule has 19 heavy (non-hydrogen) atoms. The third-order valence-electron chi connectivity index (χ3n) is 2.50. The maximum Gasteiger partial charge on any atom is 0.142 e. The Hall–Kier alpha value is -0.770. The summed E-state index contributed by atoms with van der Waals surface area (Å²) in [4.78, 5) is 0. The van der Waals surface area contributed by atoms with Gasteiger partial charge in [-0.3, -0.25) is 0 Å². The highest BCUT2D eigenvalue weighted by Crippen LogP contribution is 2.30. The number of para-hydroxylation sites is 1. The average Bonchev–Trinajstić information content (AvgIpc) is 2.36. The van der Waals surface area contributed by atoms with Crippen molar-refractivity contribution in [3.05, 3.63) is 62.8 Å². The van der Waals surface area contributed by atoms with Gasteiger partial charge in [-0.15, -0.1) is 11.6 Å². The quantitative estimate of drug-likeness (QED) is 0.646. The van der Waals surface area contributed by atoms with Gasteiger partial charge in [-0.25, -0.2) is 4.39 Å². The van der Waals surface area contributed by atoms with Gasteiger partial charge in [0, 0.05) is 10.0 Å². The van der Waals surface area contributed by atoms with Crippen LogP contribution in [0.25, 0.3) is 0 Å². The van der Waals surface area contributed by atoms with Gasteiger partial charge in [0.15, 0.2) is 0 Å². The molecule has 0 saturated carbocycles. The van der Waals surface area contributed by atoms with Crippen molar-refractivity contribution in [2.24, 2.45) is 0 Å². The van der Waals surface area contributed by atoms with Crippen molar-refractivity contribution in [3.8, 4) is 5.75 Å². The fourth-order valence-corrected chi connectivity index (χ4v) is 2.64. The molecule has 2 rings (SSSR count). The van der Waals surface area contributed by atoms with Gasteiger partial charge in [0.25, 0.3) is 0 Å². The normalized spacial score (nSPS) is 10.5. The second-order valence-corrected chi connectivity index (χ2v) is 5.52. The van der Waals surface area contributed by atoms with Crippen molar-refractivity contribution in [2.75, 3.05) is 0 Å². The fraction of sp³-hybridized carbons (Fsp3) is 0.143. The van der Waals surface area contributed by atoms with Crippen LogP contribution in [-0.4, -0.2) is 0 Å². The highest BCUT2D eigenvalue weighted by molar-refractivity contribution is 9.10. The molecule has 0 amide bonds. The zero-order valence-corrected chi connectivity index (χ0v) is 12.9. The first-order chi connectivity index (χ1) is 9.10. The molecule has 0 atom stereocenters. The Bertz CT molecular complexity index is 569. The van der Waals surface area contributed by atoms with Crippen LogP contribution in [-0.2, 0) is 12.5 Å². The third-order valence-corrected chi connectivity index (χ3v) is 3.54. The Balaban J connectivity index is 2.18. The molecule has 0 aromatic heterocycles. The van der Waals surface area contributed by atoms with E-state index in [-0.39, 0.29) is 12.4 Å². The maximum atomic E-state index is 13.2. The van der Waals surface area contributed by atoms with Crippen molar-refractivity contribution in [1.29, 1.82) is 0 Å². The van der Waals surface area contributed by atoms with E-state index in [2.05, 4.69) is 15.9 Å². The van der Waals surface area contributed by atoms with Crippen LogP contribution < -0.4 is 4.74 Å². The van der Waals surface area contributed by atoms with Crippen LogP contribution >= 0.6 is 39.1 Å². The van der Waals surface area contributed by atoms with Crippen LogP contribution in [0.3, 0.4) is 0 Å². The Morgan fingerprint density at radius 1 is 1.21 bits per heavy atom. The van der Waals surface area contributed by atoms with Crippen molar-refractivity contribution in [3.63, 3.8) is 0 Å². The van der Waals surface area contributed by atoms with Gasteiger partial charge < -0.3 is 4.74 Å². The zero-order valence-electron chi connectivity index (χ0n) is 9.80. The largest absolute Gasteiger partial charge is 0.487 e. The first-order valence-corrected chi connectivity index (χ1v) is 7.22. The van der Waals surface area contributed by atoms with Gasteiger partial charge >= 0.3 is 0 Å². The highest BCUT2D eigenvalue weighted by Gasteiger charge is 2.08. The fourth-order valence-electron chi connectivity index (χ4n) is 1.67. The summed E-state index contributed by atoms with van der Waals surface area (Å²) < 4.78 is 19.6. The first-order valence-electron chi connectivity index (χ1n) is 5.51. The summed E-state index contributed by atoms with van der Waals surface area (Å²) in [5.41, 5.74) is 1.52. The molecule has 0 aliphatic rings. The molecule has 0 unspecified atom stereocenters. The lowest BCUT2D eigenvalue weighted by Gasteiger charge is -2.12. The van der Waals surface area contributed by atoms with E-state index in [4.69, 9.17) is 27.9 Å². The summed E-state index contributed by atoms with van der Waals surface area (Å²) in [6, 6.07) is 9.99. The lowest BCUT2D eigenvalue weighted by Crippen LogP contribution is -1.99. The number of ether oxygens (including phenoxy) is 1.